The molecule has 128 valence electrons. The Labute approximate surface area is 144 Å². The summed E-state index contributed by atoms with van der Waals surface area (Å²) in [6.07, 6.45) is 3.81. The summed E-state index contributed by atoms with van der Waals surface area (Å²) in [7, 11) is 0. The highest BCUT2D eigenvalue weighted by Gasteiger charge is 2.18. The topological polar surface area (TPSA) is 34.0 Å². The zero-order chi connectivity index (χ0) is 17.8. The van der Waals surface area contributed by atoms with Crippen LogP contribution in [-0.2, 0) is 4.79 Å². The number of aromatic nitrogens is 1. The summed E-state index contributed by atoms with van der Waals surface area (Å²) in [4.78, 5) is 12.5. The minimum absolute atomic E-state index is 0.134. The largest absolute Gasteiger partial charge is 0.346 e. The molecule has 0 aliphatic heterocycles. The van der Waals surface area contributed by atoms with Gasteiger partial charge in [-0.1, -0.05) is 12.1 Å². The minimum Gasteiger partial charge on any atom is -0.346 e. The van der Waals surface area contributed by atoms with Gasteiger partial charge in [-0.15, -0.1) is 0 Å². The number of aryl methyl sites for hydroxylation is 1. The molecule has 1 aromatic heterocycles. The molecule has 0 saturated heterocycles. The summed E-state index contributed by atoms with van der Waals surface area (Å²) < 4.78 is 28.7. The van der Waals surface area contributed by atoms with Gasteiger partial charge in [0.05, 0.1) is 12.5 Å². The maximum Gasteiger partial charge on any atom is 0.226 e. The molecular formula is C20H18F2N2O. The Hall–Kier alpha value is -2.95. The first-order valence-corrected chi connectivity index (χ1v) is 7.97. The van der Waals surface area contributed by atoms with Gasteiger partial charge in [-0.2, -0.15) is 0 Å². The van der Waals surface area contributed by atoms with Gasteiger partial charge in [0.2, 0.25) is 5.91 Å². The van der Waals surface area contributed by atoms with E-state index in [4.69, 9.17) is 0 Å². The van der Waals surface area contributed by atoms with Gasteiger partial charge < -0.3 is 9.88 Å². The van der Waals surface area contributed by atoms with E-state index in [1.165, 1.54) is 30.3 Å². The third-order valence-corrected chi connectivity index (χ3v) is 4.06. The highest BCUT2D eigenvalue weighted by Crippen LogP contribution is 2.24. The lowest BCUT2D eigenvalue weighted by atomic mass is 10.0. The molecule has 0 bridgehead atoms. The predicted molar refractivity (Wildman–Crippen MR) is 93.4 cm³/mol. The first-order valence-electron chi connectivity index (χ1n) is 7.97. The van der Waals surface area contributed by atoms with Gasteiger partial charge in [-0.25, -0.2) is 8.78 Å². The van der Waals surface area contributed by atoms with Gasteiger partial charge in [0, 0.05) is 18.1 Å². The van der Waals surface area contributed by atoms with Crippen LogP contribution in [0.25, 0.3) is 0 Å². The molecule has 0 unspecified atom stereocenters. The normalized spacial score (nSPS) is 12.0. The van der Waals surface area contributed by atoms with Crippen molar-refractivity contribution in [2.24, 2.45) is 0 Å². The van der Waals surface area contributed by atoms with E-state index in [2.05, 4.69) is 5.32 Å². The second-order valence-electron chi connectivity index (χ2n) is 5.91. The van der Waals surface area contributed by atoms with Crippen LogP contribution in [0.15, 0.2) is 67.0 Å². The smallest absolute Gasteiger partial charge is 0.226 e. The van der Waals surface area contributed by atoms with Crippen molar-refractivity contribution in [3.63, 3.8) is 0 Å². The van der Waals surface area contributed by atoms with Gasteiger partial charge in [-0.05, 0) is 60.5 Å². The molecule has 1 atom stereocenters. The molecule has 0 aliphatic carbocycles. The molecule has 0 saturated carbocycles. The van der Waals surface area contributed by atoms with Crippen LogP contribution in [-0.4, -0.2) is 10.5 Å². The molecule has 3 aromatic rings. The van der Waals surface area contributed by atoms with E-state index in [0.717, 1.165) is 0 Å². The van der Waals surface area contributed by atoms with E-state index in [-0.39, 0.29) is 30.0 Å². The average Bonchev–Trinajstić information content (AvgIpc) is 3.09. The number of hydrogen-bond acceptors (Lipinski definition) is 1. The van der Waals surface area contributed by atoms with Crippen LogP contribution in [0.1, 0.15) is 23.6 Å². The van der Waals surface area contributed by atoms with Crippen molar-refractivity contribution in [2.45, 2.75) is 19.4 Å². The van der Waals surface area contributed by atoms with Crippen LogP contribution in [0.3, 0.4) is 0 Å². The Bertz CT molecular complexity index is 875. The number of halogens is 2. The Morgan fingerprint density at radius 1 is 1.04 bits per heavy atom. The summed E-state index contributed by atoms with van der Waals surface area (Å²) in [6, 6.07) is 13.8. The van der Waals surface area contributed by atoms with Crippen molar-refractivity contribution in [3.8, 4) is 0 Å². The third-order valence-electron chi connectivity index (χ3n) is 4.06. The van der Waals surface area contributed by atoms with Gasteiger partial charge in [0.1, 0.15) is 11.6 Å². The molecule has 3 nitrogen and oxygen atoms in total. The fraction of sp³-hybridized carbons (Fsp3) is 0.150. The summed E-state index contributed by atoms with van der Waals surface area (Å²) in [6.45, 7) is 1.73. The van der Waals surface area contributed by atoms with Crippen LogP contribution < -0.4 is 5.32 Å². The molecule has 0 fully saturated rings. The SMILES string of the molecule is Cc1cc(F)ccc1NC(=O)C[C@H](c1cccc(F)c1)n1cccc1. The van der Waals surface area contributed by atoms with Crippen LogP contribution in [0.2, 0.25) is 0 Å². The van der Waals surface area contributed by atoms with Crippen LogP contribution >= 0.6 is 0 Å². The minimum atomic E-state index is -0.347. The molecular weight excluding hydrogens is 322 g/mol. The molecule has 5 heteroatoms. The molecule has 1 N–H and O–H groups in total. The Kier molecular flexibility index (Phi) is 4.93. The number of benzene rings is 2. The van der Waals surface area contributed by atoms with E-state index >= 15 is 0 Å². The first-order chi connectivity index (χ1) is 12.0. The number of nitrogens with one attached hydrogen (secondary N) is 1. The second-order valence-corrected chi connectivity index (χ2v) is 5.91. The lowest BCUT2D eigenvalue weighted by molar-refractivity contribution is -0.116. The van der Waals surface area contributed by atoms with Crippen LogP contribution in [0, 0.1) is 18.6 Å². The molecule has 2 aromatic carbocycles. The molecule has 0 radical (unpaired) electrons. The fourth-order valence-corrected chi connectivity index (χ4v) is 2.81. The van der Waals surface area contributed by atoms with E-state index in [1.807, 2.05) is 29.1 Å². The van der Waals surface area contributed by atoms with E-state index in [9.17, 15) is 13.6 Å². The number of hydrogen-bond donors (Lipinski definition) is 1. The number of carbonyl (C=O) groups is 1. The number of amides is 1. The number of anilines is 1. The van der Waals surface area contributed by atoms with Crippen molar-refractivity contribution in [3.05, 3.63) is 89.8 Å². The number of carbonyl (C=O) groups excluding carboxylic acids is 1. The van der Waals surface area contributed by atoms with Gasteiger partial charge in [0.15, 0.2) is 0 Å². The van der Waals surface area contributed by atoms with E-state index in [0.29, 0.717) is 16.8 Å². The van der Waals surface area contributed by atoms with Gasteiger partial charge in [-0.3, -0.25) is 4.79 Å². The van der Waals surface area contributed by atoms with Crippen molar-refractivity contribution >= 4 is 11.6 Å². The highest BCUT2D eigenvalue weighted by molar-refractivity contribution is 5.92. The zero-order valence-electron chi connectivity index (χ0n) is 13.7. The summed E-state index contributed by atoms with van der Waals surface area (Å²) in [5.74, 6) is -0.914. The highest BCUT2D eigenvalue weighted by atomic mass is 19.1. The van der Waals surface area contributed by atoms with Crippen molar-refractivity contribution in [1.82, 2.24) is 4.57 Å². The lowest BCUT2D eigenvalue weighted by Gasteiger charge is -2.20. The van der Waals surface area contributed by atoms with Crippen LogP contribution in [0.5, 0.6) is 0 Å². The molecule has 1 amide bonds. The van der Waals surface area contributed by atoms with Crippen molar-refractivity contribution in [1.29, 1.82) is 0 Å². The Morgan fingerprint density at radius 3 is 2.44 bits per heavy atom. The summed E-state index contributed by atoms with van der Waals surface area (Å²) >= 11 is 0. The maximum absolute atomic E-state index is 13.6. The fourth-order valence-electron chi connectivity index (χ4n) is 2.81. The Balaban J connectivity index is 1.82. The van der Waals surface area contributed by atoms with Crippen molar-refractivity contribution in [2.75, 3.05) is 5.32 Å². The quantitative estimate of drug-likeness (QED) is 0.718. The van der Waals surface area contributed by atoms with Crippen molar-refractivity contribution < 1.29 is 13.6 Å². The summed E-state index contributed by atoms with van der Waals surface area (Å²) in [5, 5.41) is 2.80. The standard InChI is InChI=1S/C20H18F2N2O/c1-14-11-17(22)7-8-18(14)23-20(25)13-19(24-9-2-3-10-24)15-5-4-6-16(21)12-15/h2-12,19H,13H2,1H3,(H,23,25)/t19-/m1/s1. The van der Waals surface area contributed by atoms with Gasteiger partial charge in [0.25, 0.3) is 0 Å². The second kappa shape index (κ2) is 7.30. The molecule has 25 heavy (non-hydrogen) atoms. The lowest BCUT2D eigenvalue weighted by Crippen LogP contribution is -2.20. The number of nitrogens with zero attached hydrogens (tertiary/aromatic N) is 1. The predicted octanol–water partition coefficient (Wildman–Crippen LogP) is 4.69. The molecule has 1 heterocycles. The summed E-state index contributed by atoms with van der Waals surface area (Å²) in [5.41, 5.74) is 1.93. The van der Waals surface area contributed by atoms with Gasteiger partial charge >= 0.3 is 0 Å². The maximum atomic E-state index is 13.6. The number of rotatable bonds is 5. The molecule has 3 rings (SSSR count). The average molecular weight is 340 g/mol. The monoisotopic (exact) mass is 340 g/mol. The molecule has 0 aliphatic rings. The van der Waals surface area contributed by atoms with Crippen LogP contribution in [0.4, 0.5) is 14.5 Å². The first kappa shape index (κ1) is 16.9. The zero-order valence-corrected chi connectivity index (χ0v) is 13.7. The van der Waals surface area contributed by atoms with E-state index < -0.39 is 0 Å². The Morgan fingerprint density at radius 2 is 1.76 bits per heavy atom. The third kappa shape index (κ3) is 4.12. The molecule has 0 spiro atoms. The van der Waals surface area contributed by atoms with E-state index in [1.54, 1.807) is 19.1 Å².